The average molecular weight is 248 g/mol. The van der Waals surface area contributed by atoms with Gasteiger partial charge < -0.3 is 19.7 Å². The van der Waals surface area contributed by atoms with Gasteiger partial charge in [0.05, 0.1) is 0 Å². The lowest BCUT2D eigenvalue weighted by atomic mass is 10.2. The summed E-state index contributed by atoms with van der Waals surface area (Å²) in [4.78, 5) is 2.44. The SMILES string of the molecule is CC1CCN(c2ccc3c(c2)OCO3)C(C)CN1. The van der Waals surface area contributed by atoms with Gasteiger partial charge in [0.1, 0.15) is 0 Å². The second-order valence-electron chi connectivity index (χ2n) is 5.18. The predicted molar refractivity (Wildman–Crippen MR) is 71.5 cm³/mol. The second-order valence-corrected chi connectivity index (χ2v) is 5.18. The van der Waals surface area contributed by atoms with E-state index in [4.69, 9.17) is 9.47 Å². The van der Waals surface area contributed by atoms with Crippen LogP contribution < -0.4 is 19.7 Å². The zero-order valence-corrected chi connectivity index (χ0v) is 11.0. The molecule has 0 bridgehead atoms. The van der Waals surface area contributed by atoms with Gasteiger partial charge >= 0.3 is 0 Å². The highest BCUT2D eigenvalue weighted by molar-refractivity contribution is 5.57. The molecule has 2 aliphatic rings. The van der Waals surface area contributed by atoms with Gasteiger partial charge in [-0.3, -0.25) is 0 Å². The Labute approximate surface area is 108 Å². The second kappa shape index (κ2) is 4.69. The molecule has 0 amide bonds. The fourth-order valence-electron chi connectivity index (χ4n) is 2.58. The number of ether oxygens (including phenoxy) is 2. The molecule has 0 saturated carbocycles. The summed E-state index contributed by atoms with van der Waals surface area (Å²) in [7, 11) is 0. The predicted octanol–water partition coefficient (Wildman–Crippen LogP) is 1.99. The third-order valence-corrected chi connectivity index (χ3v) is 3.78. The summed E-state index contributed by atoms with van der Waals surface area (Å²) in [6, 6.07) is 7.31. The topological polar surface area (TPSA) is 33.7 Å². The van der Waals surface area contributed by atoms with Crippen molar-refractivity contribution < 1.29 is 9.47 Å². The Balaban J connectivity index is 1.84. The van der Waals surface area contributed by atoms with Crippen molar-refractivity contribution >= 4 is 5.69 Å². The zero-order chi connectivity index (χ0) is 12.5. The van der Waals surface area contributed by atoms with Gasteiger partial charge in [-0.1, -0.05) is 0 Å². The van der Waals surface area contributed by atoms with Gasteiger partial charge in [0.2, 0.25) is 6.79 Å². The number of nitrogens with one attached hydrogen (secondary N) is 1. The summed E-state index contributed by atoms with van der Waals surface area (Å²) < 4.78 is 10.8. The third kappa shape index (κ3) is 2.12. The van der Waals surface area contributed by atoms with Crippen molar-refractivity contribution in [1.82, 2.24) is 5.32 Å². The van der Waals surface area contributed by atoms with E-state index in [1.165, 1.54) is 12.1 Å². The fourth-order valence-corrected chi connectivity index (χ4v) is 2.58. The highest BCUT2D eigenvalue weighted by atomic mass is 16.7. The molecule has 2 aliphatic heterocycles. The van der Waals surface area contributed by atoms with E-state index in [1.54, 1.807) is 0 Å². The normalized spacial score (nSPS) is 27.1. The van der Waals surface area contributed by atoms with E-state index in [1.807, 2.05) is 6.07 Å². The molecule has 1 aromatic rings. The van der Waals surface area contributed by atoms with E-state index in [0.717, 1.165) is 24.6 Å². The van der Waals surface area contributed by atoms with Crippen LogP contribution in [0.5, 0.6) is 11.5 Å². The highest BCUT2D eigenvalue weighted by Crippen LogP contribution is 2.36. The molecule has 4 heteroatoms. The number of anilines is 1. The van der Waals surface area contributed by atoms with E-state index >= 15 is 0 Å². The maximum atomic E-state index is 5.45. The fraction of sp³-hybridized carbons (Fsp3) is 0.571. The molecule has 18 heavy (non-hydrogen) atoms. The molecule has 1 saturated heterocycles. The molecule has 0 aromatic heterocycles. The lowest BCUT2D eigenvalue weighted by Crippen LogP contribution is -2.37. The quantitative estimate of drug-likeness (QED) is 0.824. The lowest BCUT2D eigenvalue weighted by molar-refractivity contribution is 0.174. The summed E-state index contributed by atoms with van der Waals surface area (Å²) in [5.74, 6) is 1.72. The first-order valence-electron chi connectivity index (χ1n) is 6.64. The molecule has 3 rings (SSSR count). The van der Waals surface area contributed by atoms with Crippen LogP contribution in [0.15, 0.2) is 18.2 Å². The minimum Gasteiger partial charge on any atom is -0.454 e. The first kappa shape index (κ1) is 11.7. The van der Waals surface area contributed by atoms with Crippen LogP contribution in [0.4, 0.5) is 5.69 Å². The number of benzene rings is 1. The summed E-state index contributed by atoms with van der Waals surface area (Å²) in [6.07, 6.45) is 1.17. The van der Waals surface area contributed by atoms with Crippen molar-refractivity contribution in [2.75, 3.05) is 24.8 Å². The smallest absolute Gasteiger partial charge is 0.231 e. The van der Waals surface area contributed by atoms with Crippen molar-refractivity contribution in [3.63, 3.8) is 0 Å². The third-order valence-electron chi connectivity index (χ3n) is 3.78. The van der Waals surface area contributed by atoms with E-state index in [-0.39, 0.29) is 0 Å². The van der Waals surface area contributed by atoms with Crippen LogP contribution >= 0.6 is 0 Å². The molecule has 1 N–H and O–H groups in total. The highest BCUT2D eigenvalue weighted by Gasteiger charge is 2.22. The van der Waals surface area contributed by atoms with Crippen molar-refractivity contribution in [3.05, 3.63) is 18.2 Å². The lowest BCUT2D eigenvalue weighted by Gasteiger charge is -2.29. The molecular formula is C14H20N2O2. The van der Waals surface area contributed by atoms with Crippen LogP contribution in [0.25, 0.3) is 0 Å². The number of nitrogens with zero attached hydrogens (tertiary/aromatic N) is 1. The summed E-state index contributed by atoms with van der Waals surface area (Å²) in [6.45, 7) is 6.95. The first-order chi connectivity index (χ1) is 8.74. The number of fused-ring (bicyclic) bond motifs is 1. The van der Waals surface area contributed by atoms with Gasteiger partial charge in [0.15, 0.2) is 11.5 Å². The van der Waals surface area contributed by atoms with Crippen molar-refractivity contribution in [2.45, 2.75) is 32.4 Å². The number of hydrogen-bond acceptors (Lipinski definition) is 4. The van der Waals surface area contributed by atoms with Crippen molar-refractivity contribution in [3.8, 4) is 11.5 Å². The molecule has 2 atom stereocenters. The van der Waals surface area contributed by atoms with Crippen molar-refractivity contribution in [1.29, 1.82) is 0 Å². The minimum atomic E-state index is 0.340. The maximum Gasteiger partial charge on any atom is 0.231 e. The Morgan fingerprint density at radius 3 is 2.94 bits per heavy atom. The van der Waals surface area contributed by atoms with Crippen LogP contribution in [0.3, 0.4) is 0 Å². The standard InChI is InChI=1S/C14H20N2O2/c1-10-5-6-16(11(2)8-15-10)12-3-4-13-14(7-12)18-9-17-13/h3-4,7,10-11,15H,5-6,8-9H2,1-2H3. The molecule has 0 spiro atoms. The van der Waals surface area contributed by atoms with E-state index < -0.39 is 0 Å². The van der Waals surface area contributed by atoms with E-state index in [0.29, 0.717) is 18.9 Å². The van der Waals surface area contributed by atoms with Gasteiger partial charge in [0.25, 0.3) is 0 Å². The van der Waals surface area contributed by atoms with Gasteiger partial charge in [-0.15, -0.1) is 0 Å². The van der Waals surface area contributed by atoms with Gasteiger partial charge in [-0.05, 0) is 32.4 Å². The molecule has 2 heterocycles. The summed E-state index contributed by atoms with van der Waals surface area (Å²) in [5.41, 5.74) is 1.22. The Kier molecular flexibility index (Phi) is 3.04. The zero-order valence-electron chi connectivity index (χ0n) is 11.0. The van der Waals surface area contributed by atoms with Crippen LogP contribution in [0, 0.1) is 0 Å². The van der Waals surface area contributed by atoms with Crippen LogP contribution in [0.1, 0.15) is 20.3 Å². The number of rotatable bonds is 1. The Morgan fingerprint density at radius 1 is 1.22 bits per heavy atom. The van der Waals surface area contributed by atoms with Crippen LogP contribution in [-0.4, -0.2) is 32.0 Å². The van der Waals surface area contributed by atoms with E-state index in [9.17, 15) is 0 Å². The van der Waals surface area contributed by atoms with Crippen LogP contribution in [0.2, 0.25) is 0 Å². The first-order valence-corrected chi connectivity index (χ1v) is 6.64. The Bertz CT molecular complexity index is 436. The molecular weight excluding hydrogens is 228 g/mol. The summed E-state index contributed by atoms with van der Waals surface area (Å²) >= 11 is 0. The molecule has 2 unspecified atom stereocenters. The monoisotopic (exact) mass is 248 g/mol. The summed E-state index contributed by atoms with van der Waals surface area (Å²) in [5, 5.41) is 3.55. The van der Waals surface area contributed by atoms with Gasteiger partial charge in [-0.25, -0.2) is 0 Å². The number of hydrogen-bond donors (Lipinski definition) is 1. The van der Waals surface area contributed by atoms with E-state index in [2.05, 4.69) is 36.2 Å². The molecule has 1 fully saturated rings. The minimum absolute atomic E-state index is 0.340. The molecule has 1 aromatic carbocycles. The Hall–Kier alpha value is -1.42. The Morgan fingerprint density at radius 2 is 2.06 bits per heavy atom. The average Bonchev–Trinajstić information content (AvgIpc) is 2.77. The molecule has 4 nitrogen and oxygen atoms in total. The van der Waals surface area contributed by atoms with Gasteiger partial charge in [-0.2, -0.15) is 0 Å². The van der Waals surface area contributed by atoms with Gasteiger partial charge in [0, 0.05) is 36.9 Å². The molecule has 0 aliphatic carbocycles. The molecule has 98 valence electrons. The molecule has 0 radical (unpaired) electrons. The largest absolute Gasteiger partial charge is 0.454 e. The maximum absolute atomic E-state index is 5.45. The van der Waals surface area contributed by atoms with Crippen molar-refractivity contribution in [2.24, 2.45) is 0 Å². The van der Waals surface area contributed by atoms with Crippen LogP contribution in [-0.2, 0) is 0 Å².